The fraction of sp³-hybridized carbons (Fsp3) is 0.111. The van der Waals surface area contributed by atoms with E-state index in [1.165, 1.54) is 0 Å². The van der Waals surface area contributed by atoms with Gasteiger partial charge >= 0.3 is 0 Å². The number of hydrogen-bond acceptors (Lipinski definition) is 5. The highest BCUT2D eigenvalue weighted by molar-refractivity contribution is 6.01. The Bertz CT molecular complexity index is 481. The summed E-state index contributed by atoms with van der Waals surface area (Å²) in [4.78, 5) is 11.6. The molecule has 0 radical (unpaired) electrons. The summed E-state index contributed by atoms with van der Waals surface area (Å²) in [5.41, 5.74) is 7.04. The van der Waals surface area contributed by atoms with Crippen LogP contribution in [0, 0.1) is 0 Å². The van der Waals surface area contributed by atoms with Gasteiger partial charge in [0.2, 0.25) is 0 Å². The van der Waals surface area contributed by atoms with Gasteiger partial charge in [-0.3, -0.25) is 4.79 Å². The number of nitrogens with one attached hydrogen (secondary N) is 2. The second kappa shape index (κ2) is 4.49. The van der Waals surface area contributed by atoms with Gasteiger partial charge in [-0.1, -0.05) is 18.2 Å². The number of amides is 1. The third-order valence-corrected chi connectivity index (χ3v) is 2.03. The number of nitrogens with zero attached hydrogens (tertiary/aromatic N) is 3. The number of aromatic amines is 1. The molecule has 0 aliphatic rings. The predicted octanol–water partition coefficient (Wildman–Crippen LogP) is -0.0893. The first-order valence-electron chi connectivity index (χ1n) is 4.64. The van der Waals surface area contributed by atoms with Crippen molar-refractivity contribution in [2.45, 2.75) is 6.54 Å². The Labute approximate surface area is 91.0 Å². The van der Waals surface area contributed by atoms with Crippen molar-refractivity contribution in [3.8, 4) is 0 Å². The third kappa shape index (κ3) is 2.04. The van der Waals surface area contributed by atoms with Gasteiger partial charge in [0.25, 0.3) is 11.7 Å². The Hall–Kier alpha value is -2.28. The molecule has 0 aliphatic heterocycles. The number of aromatic nitrogens is 4. The maximum atomic E-state index is 11.6. The van der Waals surface area contributed by atoms with Crippen LogP contribution < -0.4 is 11.1 Å². The minimum Gasteiger partial charge on any atom is -0.326 e. The van der Waals surface area contributed by atoms with Crippen molar-refractivity contribution >= 4 is 11.6 Å². The first-order chi connectivity index (χ1) is 7.81. The molecule has 0 aliphatic carbocycles. The first kappa shape index (κ1) is 10.2. The standard InChI is InChI=1S/C9H10N6O/c10-5-6-3-1-2-4-7(6)11-9(16)8-12-14-15-13-8/h1-4H,5,10H2,(H,11,16)(H,12,13,14,15). The number of rotatable bonds is 3. The summed E-state index contributed by atoms with van der Waals surface area (Å²) < 4.78 is 0. The SMILES string of the molecule is NCc1ccccc1NC(=O)c1nn[nH]n1. The number of carbonyl (C=O) groups is 1. The fourth-order valence-corrected chi connectivity index (χ4v) is 1.26. The Morgan fingerprint density at radius 3 is 2.94 bits per heavy atom. The molecule has 16 heavy (non-hydrogen) atoms. The van der Waals surface area contributed by atoms with Crippen LogP contribution >= 0.6 is 0 Å². The van der Waals surface area contributed by atoms with E-state index in [9.17, 15) is 4.79 Å². The summed E-state index contributed by atoms with van der Waals surface area (Å²) in [7, 11) is 0. The van der Waals surface area contributed by atoms with E-state index in [2.05, 4.69) is 25.9 Å². The van der Waals surface area contributed by atoms with Gasteiger partial charge in [0.1, 0.15) is 0 Å². The van der Waals surface area contributed by atoms with Crippen molar-refractivity contribution in [2.24, 2.45) is 5.73 Å². The maximum Gasteiger partial charge on any atom is 0.297 e. The van der Waals surface area contributed by atoms with E-state index < -0.39 is 5.91 Å². The van der Waals surface area contributed by atoms with E-state index in [-0.39, 0.29) is 5.82 Å². The largest absolute Gasteiger partial charge is 0.326 e. The van der Waals surface area contributed by atoms with Crippen molar-refractivity contribution in [1.82, 2.24) is 20.6 Å². The molecule has 0 bridgehead atoms. The zero-order valence-electron chi connectivity index (χ0n) is 8.34. The van der Waals surface area contributed by atoms with Crippen LogP contribution in [0.4, 0.5) is 5.69 Å². The van der Waals surface area contributed by atoms with E-state index in [0.717, 1.165) is 5.56 Å². The molecular formula is C9H10N6O. The summed E-state index contributed by atoms with van der Waals surface area (Å²) in [6.07, 6.45) is 0. The van der Waals surface area contributed by atoms with Crippen LogP contribution in [0.5, 0.6) is 0 Å². The molecule has 2 aromatic rings. The summed E-state index contributed by atoms with van der Waals surface area (Å²) in [5, 5.41) is 15.3. The van der Waals surface area contributed by atoms with E-state index in [0.29, 0.717) is 12.2 Å². The van der Waals surface area contributed by atoms with Crippen molar-refractivity contribution in [3.63, 3.8) is 0 Å². The van der Waals surface area contributed by atoms with Crippen molar-refractivity contribution in [1.29, 1.82) is 0 Å². The lowest BCUT2D eigenvalue weighted by atomic mass is 10.2. The molecule has 0 atom stereocenters. The van der Waals surface area contributed by atoms with Crippen LogP contribution in [0.25, 0.3) is 0 Å². The topological polar surface area (TPSA) is 110 Å². The zero-order chi connectivity index (χ0) is 11.4. The van der Waals surface area contributed by atoms with Gasteiger partial charge in [-0.05, 0) is 16.8 Å². The number of tetrazole rings is 1. The summed E-state index contributed by atoms with van der Waals surface area (Å²) >= 11 is 0. The number of para-hydroxylation sites is 1. The number of carbonyl (C=O) groups excluding carboxylic acids is 1. The number of hydrogen-bond donors (Lipinski definition) is 3. The molecule has 0 saturated heterocycles. The quantitative estimate of drug-likeness (QED) is 0.667. The van der Waals surface area contributed by atoms with Gasteiger partial charge in [-0.25, -0.2) is 0 Å². The number of benzene rings is 1. The second-order valence-electron chi connectivity index (χ2n) is 3.05. The Balaban J connectivity index is 2.18. The summed E-state index contributed by atoms with van der Waals surface area (Å²) in [6, 6.07) is 7.27. The molecule has 7 heteroatoms. The minimum absolute atomic E-state index is 0.00757. The van der Waals surface area contributed by atoms with E-state index >= 15 is 0 Å². The minimum atomic E-state index is -0.422. The first-order valence-corrected chi connectivity index (χ1v) is 4.64. The van der Waals surface area contributed by atoms with Crippen molar-refractivity contribution < 1.29 is 4.79 Å². The fourth-order valence-electron chi connectivity index (χ4n) is 1.26. The molecule has 4 N–H and O–H groups in total. The smallest absolute Gasteiger partial charge is 0.297 e. The molecule has 82 valence electrons. The Kier molecular flexibility index (Phi) is 2.88. The van der Waals surface area contributed by atoms with E-state index in [1.807, 2.05) is 18.2 Å². The lowest BCUT2D eigenvalue weighted by Crippen LogP contribution is -2.15. The van der Waals surface area contributed by atoms with Crippen LogP contribution in [0.1, 0.15) is 16.2 Å². The Morgan fingerprint density at radius 2 is 2.25 bits per heavy atom. The number of anilines is 1. The van der Waals surface area contributed by atoms with Gasteiger partial charge in [-0.15, -0.1) is 10.2 Å². The van der Waals surface area contributed by atoms with Crippen LogP contribution in [-0.4, -0.2) is 26.5 Å². The van der Waals surface area contributed by atoms with Crippen LogP contribution in [0.2, 0.25) is 0 Å². The molecule has 7 nitrogen and oxygen atoms in total. The molecule has 1 amide bonds. The van der Waals surface area contributed by atoms with Crippen LogP contribution in [0.15, 0.2) is 24.3 Å². The summed E-state index contributed by atoms with van der Waals surface area (Å²) in [6.45, 7) is 0.350. The van der Waals surface area contributed by atoms with E-state index in [4.69, 9.17) is 5.73 Å². The van der Waals surface area contributed by atoms with E-state index in [1.54, 1.807) is 6.07 Å². The van der Waals surface area contributed by atoms with Gasteiger partial charge in [0.05, 0.1) is 0 Å². The number of nitrogens with two attached hydrogens (primary N) is 1. The zero-order valence-corrected chi connectivity index (χ0v) is 8.34. The molecule has 2 rings (SSSR count). The molecule has 1 aromatic heterocycles. The molecule has 0 spiro atoms. The molecule has 0 saturated carbocycles. The normalized spacial score (nSPS) is 10.1. The predicted molar refractivity (Wildman–Crippen MR) is 56.5 cm³/mol. The average Bonchev–Trinajstić information content (AvgIpc) is 2.83. The lowest BCUT2D eigenvalue weighted by molar-refractivity contribution is 0.101. The highest BCUT2D eigenvalue weighted by Gasteiger charge is 2.11. The van der Waals surface area contributed by atoms with Gasteiger partial charge in [-0.2, -0.15) is 5.21 Å². The number of H-pyrrole nitrogens is 1. The highest BCUT2D eigenvalue weighted by Crippen LogP contribution is 2.14. The van der Waals surface area contributed by atoms with Gasteiger partial charge in [0, 0.05) is 12.2 Å². The molecule has 0 fully saturated rings. The highest BCUT2D eigenvalue weighted by atomic mass is 16.2. The third-order valence-electron chi connectivity index (χ3n) is 2.03. The maximum absolute atomic E-state index is 11.6. The van der Waals surface area contributed by atoms with Crippen molar-refractivity contribution in [2.75, 3.05) is 5.32 Å². The average molecular weight is 218 g/mol. The van der Waals surface area contributed by atoms with Gasteiger partial charge < -0.3 is 11.1 Å². The summed E-state index contributed by atoms with van der Waals surface area (Å²) in [5.74, 6) is -0.429. The van der Waals surface area contributed by atoms with Crippen LogP contribution in [0.3, 0.4) is 0 Å². The molecule has 1 heterocycles. The Morgan fingerprint density at radius 1 is 1.44 bits per heavy atom. The van der Waals surface area contributed by atoms with Gasteiger partial charge in [0.15, 0.2) is 0 Å². The monoisotopic (exact) mass is 218 g/mol. The molecule has 1 aromatic carbocycles. The molecule has 0 unspecified atom stereocenters. The van der Waals surface area contributed by atoms with Crippen LogP contribution in [-0.2, 0) is 6.54 Å². The van der Waals surface area contributed by atoms with Crippen molar-refractivity contribution in [3.05, 3.63) is 35.7 Å². The second-order valence-corrected chi connectivity index (χ2v) is 3.05. The molecular weight excluding hydrogens is 208 g/mol. The lowest BCUT2D eigenvalue weighted by Gasteiger charge is -2.07.